The number of hydrogen-bond acceptors (Lipinski definition) is 2. The van der Waals surface area contributed by atoms with Crippen LogP contribution in [-0.2, 0) is 13.5 Å². The van der Waals surface area contributed by atoms with Gasteiger partial charge in [0.05, 0.1) is 22.0 Å². The highest BCUT2D eigenvalue weighted by Gasteiger charge is 2.35. The number of nitrogens with zero attached hydrogens (tertiary/aromatic N) is 3. The number of aromatic nitrogens is 3. The lowest BCUT2D eigenvalue weighted by Crippen LogP contribution is -2.29. The second kappa shape index (κ2) is 3.28. The van der Waals surface area contributed by atoms with Crippen molar-refractivity contribution in [3.05, 3.63) is 48.3 Å². The maximum atomic E-state index is 7.96. The number of fused-ring (bicyclic) bond motifs is 7. The molecule has 20 heavy (non-hydrogen) atoms. The van der Waals surface area contributed by atoms with Crippen LogP contribution in [0.4, 0.5) is 0 Å². The van der Waals surface area contributed by atoms with Crippen LogP contribution in [0.3, 0.4) is 0 Å². The van der Waals surface area contributed by atoms with E-state index in [1.807, 2.05) is 34.9 Å². The van der Waals surface area contributed by atoms with E-state index >= 15 is 0 Å². The molecule has 4 heteroatoms. The highest BCUT2D eigenvalue weighted by molar-refractivity contribution is 6.01. The average molecular weight is 265 g/mol. The van der Waals surface area contributed by atoms with E-state index in [1.165, 1.54) is 4.57 Å². The van der Waals surface area contributed by atoms with E-state index in [0.717, 1.165) is 22.0 Å². The van der Waals surface area contributed by atoms with Crippen molar-refractivity contribution < 1.29 is 13.1 Å². The van der Waals surface area contributed by atoms with Crippen LogP contribution in [0.25, 0.3) is 33.6 Å². The summed E-state index contributed by atoms with van der Waals surface area (Å²) in [5.74, 6) is 0.632. The van der Waals surface area contributed by atoms with Crippen molar-refractivity contribution in [3.8, 4) is 11.4 Å². The molecule has 4 aromatic rings. The van der Waals surface area contributed by atoms with Crippen LogP contribution in [0, 0.1) is 0 Å². The highest BCUT2D eigenvalue weighted by Crippen LogP contribution is 2.36. The van der Waals surface area contributed by atoms with Gasteiger partial charge in [0.25, 0.3) is 5.82 Å². The molecule has 1 aromatic carbocycles. The Labute approximate surface area is 119 Å². The summed E-state index contributed by atoms with van der Waals surface area (Å²) in [5, 5.41) is 0.924. The number of para-hydroxylation sites is 1. The molecule has 0 aliphatic carbocycles. The standard InChI is InChI=1S/C16H12N3O/c1-18-15-12-8-17-7-6-10(12)9-19(15)14-11-4-2-3-5-13(11)20-16(14)18/h2-8H,9H2,1H3/q+1/i1D3. The third kappa shape index (κ3) is 1.04. The molecule has 0 N–H and O–H groups in total. The van der Waals surface area contributed by atoms with E-state index in [0.29, 0.717) is 23.7 Å². The maximum Gasteiger partial charge on any atom is 0.339 e. The van der Waals surface area contributed by atoms with Crippen LogP contribution in [0.5, 0.6) is 0 Å². The van der Waals surface area contributed by atoms with Gasteiger partial charge in [0, 0.05) is 18.0 Å². The normalized spacial score (nSPS) is 15.9. The predicted octanol–water partition coefficient (Wildman–Crippen LogP) is 2.64. The number of furan rings is 1. The molecule has 5 rings (SSSR count). The molecule has 0 atom stereocenters. The summed E-state index contributed by atoms with van der Waals surface area (Å²) in [5.41, 5.74) is 3.82. The number of benzene rings is 1. The first kappa shape index (κ1) is 7.85. The van der Waals surface area contributed by atoms with E-state index in [4.69, 9.17) is 8.53 Å². The summed E-state index contributed by atoms with van der Waals surface area (Å²) in [6, 6.07) is 9.56. The van der Waals surface area contributed by atoms with E-state index in [2.05, 4.69) is 4.98 Å². The Morgan fingerprint density at radius 3 is 3.25 bits per heavy atom. The molecule has 0 spiro atoms. The first-order valence-corrected chi connectivity index (χ1v) is 6.45. The number of imidazole rings is 1. The van der Waals surface area contributed by atoms with Crippen molar-refractivity contribution in [1.29, 1.82) is 0 Å². The Morgan fingerprint density at radius 2 is 2.30 bits per heavy atom. The monoisotopic (exact) mass is 265 g/mol. The molecule has 1 aliphatic rings. The SMILES string of the molecule is [2H]C([2H])([2H])[n+]1c2n(c3c4ccccc4oc31)Cc1ccncc1-2. The van der Waals surface area contributed by atoms with Crippen LogP contribution < -0.4 is 4.57 Å². The van der Waals surface area contributed by atoms with E-state index in [1.54, 1.807) is 12.4 Å². The summed E-state index contributed by atoms with van der Waals surface area (Å²) in [6.45, 7) is -1.71. The van der Waals surface area contributed by atoms with Crippen molar-refractivity contribution in [3.63, 3.8) is 0 Å². The van der Waals surface area contributed by atoms with E-state index in [9.17, 15) is 0 Å². The first-order valence-electron chi connectivity index (χ1n) is 7.95. The number of hydrogen-bond donors (Lipinski definition) is 0. The molecular weight excluding hydrogens is 250 g/mol. The van der Waals surface area contributed by atoms with Crippen LogP contribution in [-0.4, -0.2) is 9.55 Å². The predicted molar refractivity (Wildman–Crippen MR) is 75.2 cm³/mol. The van der Waals surface area contributed by atoms with Gasteiger partial charge in [-0.1, -0.05) is 12.1 Å². The van der Waals surface area contributed by atoms with Gasteiger partial charge in [0.2, 0.25) is 5.52 Å². The van der Waals surface area contributed by atoms with Crippen LogP contribution >= 0.6 is 0 Å². The molecule has 4 heterocycles. The minimum Gasteiger partial charge on any atom is -0.419 e. The topological polar surface area (TPSA) is 34.8 Å². The molecule has 0 bridgehead atoms. The molecule has 96 valence electrons. The van der Waals surface area contributed by atoms with Crippen molar-refractivity contribution in [2.24, 2.45) is 6.98 Å². The van der Waals surface area contributed by atoms with Gasteiger partial charge in [0.1, 0.15) is 12.1 Å². The summed E-state index contributed by atoms with van der Waals surface area (Å²) >= 11 is 0. The fourth-order valence-corrected chi connectivity index (χ4v) is 3.11. The van der Waals surface area contributed by atoms with Crippen LogP contribution in [0.1, 0.15) is 9.68 Å². The van der Waals surface area contributed by atoms with Gasteiger partial charge >= 0.3 is 5.71 Å². The van der Waals surface area contributed by atoms with E-state index in [-0.39, 0.29) is 0 Å². The quantitative estimate of drug-likeness (QED) is 0.403. The van der Waals surface area contributed by atoms with Gasteiger partial charge in [0.15, 0.2) is 0 Å². The Balaban J connectivity index is 2.01. The second-order valence-corrected chi connectivity index (χ2v) is 5.03. The van der Waals surface area contributed by atoms with Gasteiger partial charge in [-0.15, -0.1) is 0 Å². The van der Waals surface area contributed by atoms with Crippen molar-refractivity contribution in [1.82, 2.24) is 9.55 Å². The summed E-state index contributed by atoms with van der Waals surface area (Å²) in [7, 11) is 0. The van der Waals surface area contributed by atoms with Crippen LogP contribution in [0.15, 0.2) is 47.1 Å². The van der Waals surface area contributed by atoms with Crippen molar-refractivity contribution in [2.75, 3.05) is 0 Å². The lowest BCUT2D eigenvalue weighted by Gasteiger charge is -1.93. The Hall–Kier alpha value is -2.62. The number of pyridine rings is 1. The van der Waals surface area contributed by atoms with Crippen molar-refractivity contribution >= 4 is 22.2 Å². The molecular formula is C16H12N3O+. The Bertz CT molecular complexity index is 1090. The summed E-state index contributed by atoms with van der Waals surface area (Å²) < 4.78 is 33.1. The molecule has 3 aromatic heterocycles. The zero-order valence-corrected chi connectivity index (χ0v) is 10.5. The van der Waals surface area contributed by atoms with Crippen LogP contribution in [0.2, 0.25) is 0 Å². The molecule has 1 aliphatic heterocycles. The molecule has 0 saturated heterocycles. The molecule has 0 radical (unpaired) electrons. The largest absolute Gasteiger partial charge is 0.419 e. The van der Waals surface area contributed by atoms with E-state index < -0.39 is 6.98 Å². The zero-order valence-electron chi connectivity index (χ0n) is 13.5. The highest BCUT2D eigenvalue weighted by atomic mass is 16.3. The van der Waals surface area contributed by atoms with Gasteiger partial charge < -0.3 is 4.42 Å². The fraction of sp³-hybridized carbons (Fsp3) is 0.125. The molecule has 0 unspecified atom stereocenters. The third-order valence-electron chi connectivity index (χ3n) is 3.97. The maximum absolute atomic E-state index is 7.96. The summed E-state index contributed by atoms with van der Waals surface area (Å²) in [6.07, 6.45) is 3.45. The van der Waals surface area contributed by atoms with Gasteiger partial charge in [-0.05, 0) is 18.2 Å². The lowest BCUT2D eigenvalue weighted by atomic mass is 10.2. The number of aryl methyl sites for hydroxylation is 1. The Morgan fingerprint density at radius 1 is 1.35 bits per heavy atom. The summed E-state index contributed by atoms with van der Waals surface area (Å²) in [4.78, 5) is 4.15. The first-order chi connectivity index (χ1) is 11.1. The minimum atomic E-state index is -2.33. The molecule has 0 fully saturated rings. The lowest BCUT2D eigenvalue weighted by molar-refractivity contribution is -0.640. The number of rotatable bonds is 0. The van der Waals surface area contributed by atoms with Gasteiger partial charge in [-0.25, -0.2) is 4.57 Å². The fourth-order valence-electron chi connectivity index (χ4n) is 3.11. The zero-order chi connectivity index (χ0) is 15.8. The smallest absolute Gasteiger partial charge is 0.339 e. The molecule has 0 saturated carbocycles. The molecule has 0 amide bonds. The molecule has 4 nitrogen and oxygen atoms in total. The van der Waals surface area contributed by atoms with Gasteiger partial charge in [-0.3, -0.25) is 4.98 Å². The average Bonchev–Trinajstić information content (AvgIpc) is 3.12. The van der Waals surface area contributed by atoms with Gasteiger partial charge in [-0.2, -0.15) is 4.57 Å². The Kier molecular flexibility index (Phi) is 1.29. The second-order valence-electron chi connectivity index (χ2n) is 5.03. The third-order valence-corrected chi connectivity index (χ3v) is 3.97. The minimum absolute atomic E-state index is 0.385. The van der Waals surface area contributed by atoms with Crippen molar-refractivity contribution in [2.45, 2.75) is 6.54 Å².